The van der Waals surface area contributed by atoms with Crippen LogP contribution >= 0.6 is 0 Å². The average molecular weight is 497 g/mol. The molecule has 0 atom stereocenters. The van der Waals surface area contributed by atoms with Gasteiger partial charge in [0.25, 0.3) is 5.91 Å². The maximum Gasteiger partial charge on any atom is 0.255 e. The van der Waals surface area contributed by atoms with Crippen LogP contribution in [0.15, 0.2) is 30.3 Å². The Morgan fingerprint density at radius 1 is 0.944 bits per heavy atom. The van der Waals surface area contributed by atoms with Crippen molar-refractivity contribution < 1.29 is 19.0 Å². The Bertz CT molecular complexity index is 1010. The monoisotopic (exact) mass is 496 g/mol. The first-order chi connectivity index (χ1) is 17.5. The van der Waals surface area contributed by atoms with E-state index >= 15 is 0 Å². The number of rotatable bonds is 9. The van der Waals surface area contributed by atoms with E-state index in [2.05, 4.69) is 15.9 Å². The molecular weight excluding hydrogens is 456 g/mol. The Kier molecular flexibility index (Phi) is 9.18. The Balaban J connectivity index is 1.39. The molecule has 0 bridgehead atoms. The summed E-state index contributed by atoms with van der Waals surface area (Å²) in [4.78, 5) is 25.2. The summed E-state index contributed by atoms with van der Waals surface area (Å²) in [6, 6.07) is 9.96. The van der Waals surface area contributed by atoms with Crippen molar-refractivity contribution in [3.8, 4) is 11.5 Å². The van der Waals surface area contributed by atoms with Crippen molar-refractivity contribution in [3.63, 3.8) is 0 Å². The van der Waals surface area contributed by atoms with Gasteiger partial charge >= 0.3 is 0 Å². The molecular formula is C28H40N4O4. The molecule has 2 aromatic rings. The smallest absolute Gasteiger partial charge is 0.255 e. The second-order valence-corrected chi connectivity index (χ2v) is 9.74. The number of methoxy groups -OCH3 is 3. The Labute approximate surface area is 215 Å². The Morgan fingerprint density at radius 2 is 1.69 bits per heavy atom. The minimum atomic E-state index is 0.120. The highest BCUT2D eigenvalue weighted by atomic mass is 16.5. The fraction of sp³-hybridized carbons (Fsp3) is 0.571. The lowest BCUT2D eigenvalue weighted by Crippen LogP contribution is -2.49. The number of ether oxygens (including phenoxy) is 3. The molecule has 8 heteroatoms. The molecule has 1 aromatic heterocycles. The first-order valence-corrected chi connectivity index (χ1v) is 12.9. The Hall–Kier alpha value is -2.68. The third-order valence-electron chi connectivity index (χ3n) is 7.43. The van der Waals surface area contributed by atoms with E-state index < -0.39 is 0 Å². The summed E-state index contributed by atoms with van der Waals surface area (Å²) in [6.07, 6.45) is 1.97. The van der Waals surface area contributed by atoms with Gasteiger partial charge in [0, 0.05) is 69.6 Å². The number of carbonyl (C=O) groups is 1. The zero-order valence-electron chi connectivity index (χ0n) is 22.2. The molecule has 0 saturated carbocycles. The molecule has 0 radical (unpaired) electrons. The molecule has 0 spiro atoms. The maximum atomic E-state index is 13.5. The number of aryl methyl sites for hydroxylation is 1. The normalized spacial score (nSPS) is 17.8. The maximum absolute atomic E-state index is 13.5. The van der Waals surface area contributed by atoms with Crippen LogP contribution < -0.4 is 9.47 Å². The molecule has 8 nitrogen and oxygen atoms in total. The van der Waals surface area contributed by atoms with E-state index in [0.29, 0.717) is 5.92 Å². The van der Waals surface area contributed by atoms with Gasteiger partial charge in [0.1, 0.15) is 11.5 Å². The van der Waals surface area contributed by atoms with E-state index in [0.717, 1.165) is 106 Å². The van der Waals surface area contributed by atoms with Crippen LogP contribution in [0.3, 0.4) is 0 Å². The summed E-state index contributed by atoms with van der Waals surface area (Å²) in [5.41, 5.74) is 3.88. The second kappa shape index (κ2) is 12.5. The summed E-state index contributed by atoms with van der Waals surface area (Å²) in [7, 11) is 5.10. The van der Waals surface area contributed by atoms with Gasteiger partial charge in [0.2, 0.25) is 0 Å². The van der Waals surface area contributed by atoms with Crippen LogP contribution in [-0.4, -0.2) is 99.3 Å². The van der Waals surface area contributed by atoms with Crippen LogP contribution in [0.2, 0.25) is 0 Å². The number of amides is 1. The molecule has 1 amide bonds. The molecule has 0 aliphatic carbocycles. The molecule has 3 heterocycles. The van der Waals surface area contributed by atoms with Crippen molar-refractivity contribution in [2.75, 3.05) is 73.7 Å². The van der Waals surface area contributed by atoms with Gasteiger partial charge in [-0.05, 0) is 51.1 Å². The van der Waals surface area contributed by atoms with Gasteiger partial charge in [0.05, 0.1) is 32.1 Å². The fourth-order valence-corrected chi connectivity index (χ4v) is 5.22. The molecule has 36 heavy (non-hydrogen) atoms. The van der Waals surface area contributed by atoms with Crippen molar-refractivity contribution in [3.05, 3.63) is 52.8 Å². The lowest BCUT2D eigenvalue weighted by molar-refractivity contribution is 0.0591. The molecule has 196 valence electrons. The van der Waals surface area contributed by atoms with E-state index in [1.54, 1.807) is 21.3 Å². The molecule has 2 aliphatic rings. The van der Waals surface area contributed by atoms with Crippen LogP contribution in [0.1, 0.15) is 46.1 Å². The third kappa shape index (κ3) is 6.35. The number of carbonyl (C=O) groups excluding carboxylic acids is 1. The van der Waals surface area contributed by atoms with E-state index in [9.17, 15) is 4.79 Å². The molecule has 0 N–H and O–H groups in total. The van der Waals surface area contributed by atoms with Crippen LogP contribution in [0.25, 0.3) is 0 Å². The predicted molar refractivity (Wildman–Crippen MR) is 140 cm³/mol. The van der Waals surface area contributed by atoms with Crippen molar-refractivity contribution in [1.82, 2.24) is 19.7 Å². The standard InChI is InChI=1S/C28H40N4O4/c1-21-5-8-25(28(33)32-15-13-30(14-16-32)17-18-34-2)27(29-21)22-9-11-31(12-10-22)20-23-6-7-24(35-3)19-26(23)36-4/h5-8,19,22H,9-18,20H2,1-4H3. The van der Waals surface area contributed by atoms with Crippen LogP contribution in [-0.2, 0) is 11.3 Å². The van der Waals surface area contributed by atoms with Gasteiger partial charge < -0.3 is 19.1 Å². The highest BCUT2D eigenvalue weighted by Gasteiger charge is 2.29. The molecule has 0 unspecified atom stereocenters. The lowest BCUT2D eigenvalue weighted by atomic mass is 9.89. The zero-order valence-corrected chi connectivity index (χ0v) is 22.2. The van der Waals surface area contributed by atoms with Gasteiger partial charge in [0.15, 0.2) is 0 Å². The number of hydrogen-bond donors (Lipinski definition) is 0. The lowest BCUT2D eigenvalue weighted by Gasteiger charge is -2.36. The van der Waals surface area contributed by atoms with E-state index in [1.165, 1.54) is 0 Å². The topological polar surface area (TPSA) is 67.4 Å². The highest BCUT2D eigenvalue weighted by molar-refractivity contribution is 5.95. The Morgan fingerprint density at radius 3 is 2.36 bits per heavy atom. The summed E-state index contributed by atoms with van der Waals surface area (Å²) in [5, 5.41) is 0. The van der Waals surface area contributed by atoms with E-state index in [4.69, 9.17) is 19.2 Å². The first kappa shape index (κ1) is 26.4. The van der Waals surface area contributed by atoms with Gasteiger partial charge in [-0.25, -0.2) is 0 Å². The van der Waals surface area contributed by atoms with Crippen molar-refractivity contribution >= 4 is 5.91 Å². The third-order valence-corrected chi connectivity index (χ3v) is 7.43. The van der Waals surface area contributed by atoms with E-state index in [1.807, 2.05) is 36.1 Å². The minimum Gasteiger partial charge on any atom is -0.497 e. The van der Waals surface area contributed by atoms with Crippen molar-refractivity contribution in [2.24, 2.45) is 0 Å². The van der Waals surface area contributed by atoms with Crippen LogP contribution in [0, 0.1) is 6.92 Å². The number of pyridine rings is 1. The summed E-state index contributed by atoms with van der Waals surface area (Å²) in [5.74, 6) is 2.07. The number of likely N-dealkylation sites (tertiary alicyclic amines) is 1. The number of nitrogens with zero attached hydrogens (tertiary/aromatic N) is 4. The van der Waals surface area contributed by atoms with Gasteiger partial charge in [-0.3, -0.25) is 19.6 Å². The molecule has 4 rings (SSSR count). The summed E-state index contributed by atoms with van der Waals surface area (Å²) in [6.45, 7) is 9.67. The van der Waals surface area contributed by atoms with Crippen molar-refractivity contribution in [2.45, 2.75) is 32.2 Å². The fourth-order valence-electron chi connectivity index (χ4n) is 5.22. The van der Waals surface area contributed by atoms with Crippen LogP contribution in [0.4, 0.5) is 0 Å². The minimum absolute atomic E-state index is 0.120. The molecule has 2 aliphatic heterocycles. The van der Waals surface area contributed by atoms with Crippen molar-refractivity contribution in [1.29, 1.82) is 0 Å². The van der Waals surface area contributed by atoms with E-state index in [-0.39, 0.29) is 5.91 Å². The largest absolute Gasteiger partial charge is 0.497 e. The zero-order chi connectivity index (χ0) is 25.5. The van der Waals surface area contributed by atoms with Crippen LogP contribution in [0.5, 0.6) is 11.5 Å². The SMILES string of the molecule is COCCN1CCN(C(=O)c2ccc(C)nc2C2CCN(Cc3ccc(OC)cc3OC)CC2)CC1. The number of hydrogen-bond acceptors (Lipinski definition) is 7. The van der Waals surface area contributed by atoms with Gasteiger partial charge in [-0.15, -0.1) is 0 Å². The number of benzene rings is 1. The number of aromatic nitrogens is 1. The molecule has 2 fully saturated rings. The van der Waals surface area contributed by atoms with Gasteiger partial charge in [-0.2, -0.15) is 0 Å². The predicted octanol–water partition coefficient (Wildman–Crippen LogP) is 3.19. The summed E-state index contributed by atoms with van der Waals surface area (Å²) < 4.78 is 16.1. The summed E-state index contributed by atoms with van der Waals surface area (Å²) >= 11 is 0. The number of piperidine rings is 1. The number of piperazine rings is 1. The van der Waals surface area contributed by atoms with Gasteiger partial charge in [-0.1, -0.05) is 6.07 Å². The molecule has 2 saturated heterocycles. The average Bonchev–Trinajstić information content (AvgIpc) is 2.92. The highest BCUT2D eigenvalue weighted by Crippen LogP contribution is 2.32. The molecule has 1 aromatic carbocycles. The first-order valence-electron chi connectivity index (χ1n) is 12.9. The quantitative estimate of drug-likeness (QED) is 0.528. The second-order valence-electron chi connectivity index (χ2n) is 9.74.